The summed E-state index contributed by atoms with van der Waals surface area (Å²) >= 11 is 0. The predicted octanol–water partition coefficient (Wildman–Crippen LogP) is 3.63. The van der Waals surface area contributed by atoms with E-state index < -0.39 is 0 Å². The van der Waals surface area contributed by atoms with Gasteiger partial charge in [0.15, 0.2) is 0 Å². The molecule has 0 fully saturated rings. The van der Waals surface area contributed by atoms with Crippen molar-refractivity contribution in [2.24, 2.45) is 0 Å². The molecule has 2 N–H and O–H groups in total. The number of hydrogen-bond donors (Lipinski definition) is 2. The molecule has 0 amide bonds. The molecule has 1 aromatic carbocycles. The van der Waals surface area contributed by atoms with Crippen molar-refractivity contribution >= 4 is 11.3 Å². The molecule has 2 heterocycles. The highest BCUT2D eigenvalue weighted by molar-refractivity contribution is 5.93. The Labute approximate surface area is 124 Å². The highest BCUT2D eigenvalue weighted by Crippen LogP contribution is 2.46. The summed E-state index contributed by atoms with van der Waals surface area (Å²) in [5.41, 5.74) is 8.63. The second kappa shape index (κ2) is 4.04. The fourth-order valence-electron chi connectivity index (χ4n) is 3.40. The maximum absolute atomic E-state index is 9.78. The molecule has 1 aromatic rings. The van der Waals surface area contributed by atoms with E-state index >= 15 is 0 Å². The highest BCUT2D eigenvalue weighted by Gasteiger charge is 2.33. The molecule has 3 nitrogen and oxygen atoms in total. The minimum absolute atomic E-state index is 0.210. The Balaban J connectivity index is 1.94. The van der Waals surface area contributed by atoms with Crippen LogP contribution in [0.1, 0.15) is 19.4 Å². The van der Waals surface area contributed by atoms with Crippen molar-refractivity contribution in [2.75, 3.05) is 12.4 Å². The van der Waals surface area contributed by atoms with Crippen molar-refractivity contribution in [2.45, 2.75) is 19.9 Å². The summed E-state index contributed by atoms with van der Waals surface area (Å²) in [7, 11) is 2.07. The third kappa shape index (κ3) is 1.60. The van der Waals surface area contributed by atoms with Crippen molar-refractivity contribution < 1.29 is 5.11 Å². The van der Waals surface area contributed by atoms with Gasteiger partial charge < -0.3 is 15.3 Å². The minimum atomic E-state index is 0.210. The van der Waals surface area contributed by atoms with Gasteiger partial charge in [0.1, 0.15) is 5.75 Å². The first-order chi connectivity index (χ1) is 10.1. The Bertz CT molecular complexity index is 780. The monoisotopic (exact) mass is 278 g/mol. The number of nitrogens with one attached hydrogen (secondary N) is 1. The zero-order valence-electron chi connectivity index (χ0n) is 12.4. The first-order valence-corrected chi connectivity index (χ1v) is 7.21. The summed E-state index contributed by atoms with van der Waals surface area (Å²) in [4.78, 5) is 2.15. The van der Waals surface area contributed by atoms with Crippen LogP contribution in [0.2, 0.25) is 0 Å². The highest BCUT2D eigenvalue weighted by atomic mass is 16.3. The number of aromatic hydroxyl groups is 1. The van der Waals surface area contributed by atoms with Crippen LogP contribution in [-0.4, -0.2) is 23.1 Å². The second-order valence-corrected chi connectivity index (χ2v) is 5.93. The lowest BCUT2D eigenvalue weighted by atomic mass is 9.82. The van der Waals surface area contributed by atoms with Crippen molar-refractivity contribution in [3.05, 3.63) is 64.5 Å². The number of fused-ring (bicyclic) bond motifs is 4. The van der Waals surface area contributed by atoms with Crippen LogP contribution < -0.4 is 5.32 Å². The van der Waals surface area contributed by atoms with Crippen LogP contribution in [0.15, 0.2) is 59.0 Å². The quantitative estimate of drug-likeness (QED) is 0.711. The first-order valence-electron chi connectivity index (χ1n) is 7.21. The molecule has 0 radical (unpaired) electrons. The lowest BCUT2D eigenvalue weighted by Crippen LogP contribution is -2.24. The number of benzene rings is 1. The lowest BCUT2D eigenvalue weighted by Gasteiger charge is -2.30. The third-order valence-electron chi connectivity index (χ3n) is 4.76. The van der Waals surface area contributed by atoms with Crippen LogP contribution in [0.4, 0.5) is 5.69 Å². The van der Waals surface area contributed by atoms with Gasteiger partial charge in [0, 0.05) is 35.8 Å². The van der Waals surface area contributed by atoms with Crippen LogP contribution in [0.5, 0.6) is 5.75 Å². The Kier molecular flexibility index (Phi) is 2.37. The SMILES string of the molecule is CC1=C2C=CN(C)C(C)=C2C=C2c3cc(O)ccc3NC21. The van der Waals surface area contributed by atoms with Gasteiger partial charge in [0.25, 0.3) is 0 Å². The molecule has 1 aliphatic carbocycles. The number of phenolic OH excluding ortho intramolecular Hbond substituents is 1. The van der Waals surface area contributed by atoms with E-state index in [2.05, 4.69) is 49.5 Å². The van der Waals surface area contributed by atoms with E-state index in [1.54, 1.807) is 6.07 Å². The van der Waals surface area contributed by atoms with Gasteiger partial charge in [-0.05, 0) is 60.9 Å². The molecule has 0 aromatic heterocycles. The maximum Gasteiger partial charge on any atom is 0.116 e. The molecule has 0 spiro atoms. The summed E-state index contributed by atoms with van der Waals surface area (Å²) in [6.07, 6.45) is 6.57. The number of anilines is 1. The molecule has 21 heavy (non-hydrogen) atoms. The van der Waals surface area contributed by atoms with Crippen molar-refractivity contribution in [3.8, 4) is 5.75 Å². The summed E-state index contributed by atoms with van der Waals surface area (Å²) in [6, 6.07) is 5.75. The normalized spacial score (nSPS) is 22.7. The number of hydrogen-bond acceptors (Lipinski definition) is 3. The van der Waals surface area contributed by atoms with Crippen molar-refractivity contribution in [1.29, 1.82) is 0 Å². The number of rotatable bonds is 0. The molecule has 3 heteroatoms. The van der Waals surface area contributed by atoms with Crippen LogP contribution in [0, 0.1) is 0 Å². The van der Waals surface area contributed by atoms with Gasteiger partial charge in [-0.2, -0.15) is 0 Å². The Hall–Kier alpha value is -2.42. The topological polar surface area (TPSA) is 35.5 Å². The average molecular weight is 278 g/mol. The number of phenols is 1. The molecule has 0 saturated heterocycles. The van der Waals surface area contributed by atoms with E-state index in [1.165, 1.54) is 28.0 Å². The summed E-state index contributed by atoms with van der Waals surface area (Å²) in [6.45, 7) is 4.34. The molecule has 3 aliphatic rings. The van der Waals surface area contributed by atoms with E-state index in [4.69, 9.17) is 0 Å². The molecule has 4 rings (SSSR count). The molecular weight excluding hydrogens is 260 g/mol. The van der Waals surface area contributed by atoms with Gasteiger partial charge in [-0.25, -0.2) is 0 Å². The number of allylic oxidation sites excluding steroid dienone is 5. The summed E-state index contributed by atoms with van der Waals surface area (Å²) < 4.78 is 0. The molecule has 106 valence electrons. The molecule has 1 atom stereocenters. The zero-order chi connectivity index (χ0) is 14.7. The third-order valence-corrected chi connectivity index (χ3v) is 4.76. The van der Waals surface area contributed by atoms with Gasteiger partial charge in [0.05, 0.1) is 6.04 Å². The van der Waals surface area contributed by atoms with E-state index in [0.29, 0.717) is 5.75 Å². The zero-order valence-corrected chi connectivity index (χ0v) is 12.4. The van der Waals surface area contributed by atoms with Gasteiger partial charge in [-0.1, -0.05) is 0 Å². The largest absolute Gasteiger partial charge is 0.508 e. The standard InChI is InChI=1S/C18H18N2O/c1-10-13-6-7-20(3)11(2)14(13)9-16-15-8-12(21)4-5-17(15)19-18(10)16/h4-9,18-19,21H,1-3H3. The maximum atomic E-state index is 9.78. The van der Waals surface area contributed by atoms with E-state index in [0.717, 1.165) is 11.3 Å². The van der Waals surface area contributed by atoms with Crippen LogP contribution >= 0.6 is 0 Å². The van der Waals surface area contributed by atoms with Crippen LogP contribution in [0.3, 0.4) is 0 Å². The fraction of sp³-hybridized carbons (Fsp3) is 0.222. The Morgan fingerprint density at radius 3 is 2.81 bits per heavy atom. The average Bonchev–Trinajstić information content (AvgIpc) is 2.82. The van der Waals surface area contributed by atoms with Crippen molar-refractivity contribution in [1.82, 2.24) is 4.90 Å². The molecule has 0 saturated carbocycles. The van der Waals surface area contributed by atoms with E-state index in [-0.39, 0.29) is 6.04 Å². The predicted molar refractivity (Wildman–Crippen MR) is 85.8 cm³/mol. The number of nitrogens with zero attached hydrogens (tertiary/aromatic N) is 1. The summed E-state index contributed by atoms with van der Waals surface area (Å²) in [5, 5.41) is 13.3. The second-order valence-electron chi connectivity index (χ2n) is 5.93. The lowest BCUT2D eigenvalue weighted by molar-refractivity contribution is 0.475. The molecule has 2 aliphatic heterocycles. The molecular formula is C18H18N2O. The summed E-state index contributed by atoms with van der Waals surface area (Å²) in [5.74, 6) is 0.316. The van der Waals surface area contributed by atoms with Crippen LogP contribution in [0.25, 0.3) is 5.57 Å². The Morgan fingerprint density at radius 2 is 2.00 bits per heavy atom. The Morgan fingerprint density at radius 1 is 1.19 bits per heavy atom. The van der Waals surface area contributed by atoms with Gasteiger partial charge in [-0.3, -0.25) is 0 Å². The van der Waals surface area contributed by atoms with Gasteiger partial charge in [-0.15, -0.1) is 0 Å². The van der Waals surface area contributed by atoms with Crippen LogP contribution in [-0.2, 0) is 0 Å². The molecule has 1 unspecified atom stereocenters. The van der Waals surface area contributed by atoms with Crippen molar-refractivity contribution in [3.63, 3.8) is 0 Å². The van der Waals surface area contributed by atoms with Gasteiger partial charge in [0.2, 0.25) is 0 Å². The minimum Gasteiger partial charge on any atom is -0.508 e. The van der Waals surface area contributed by atoms with E-state index in [9.17, 15) is 5.11 Å². The van der Waals surface area contributed by atoms with E-state index in [1.807, 2.05) is 12.1 Å². The first kappa shape index (κ1) is 12.3. The smallest absolute Gasteiger partial charge is 0.116 e. The van der Waals surface area contributed by atoms with Gasteiger partial charge >= 0.3 is 0 Å². The fourth-order valence-corrected chi connectivity index (χ4v) is 3.40. The molecule has 0 bridgehead atoms.